The van der Waals surface area contributed by atoms with Crippen LogP contribution in [0.1, 0.15) is 51.0 Å². The lowest BCUT2D eigenvalue weighted by Crippen LogP contribution is -2.32. The van der Waals surface area contributed by atoms with Crippen LogP contribution in [0.3, 0.4) is 0 Å². The minimum atomic E-state index is -0.459. The van der Waals surface area contributed by atoms with Gasteiger partial charge >= 0.3 is 0 Å². The minimum absolute atomic E-state index is 0.147. The molecular formula is C17H24BrF2N. The van der Waals surface area contributed by atoms with E-state index in [1.807, 2.05) is 6.92 Å². The average Bonchev–Trinajstić information content (AvgIpc) is 2.98. The summed E-state index contributed by atoms with van der Waals surface area (Å²) in [5, 5.41) is 3.38. The zero-order valence-corrected chi connectivity index (χ0v) is 14.2. The Kier molecular flexibility index (Phi) is 6.62. The van der Waals surface area contributed by atoms with Crippen molar-refractivity contribution in [3.8, 4) is 0 Å². The number of likely N-dealkylation sites (N-methyl/N-ethyl adjacent to an activating group) is 1. The second kappa shape index (κ2) is 8.23. The summed E-state index contributed by atoms with van der Waals surface area (Å²) >= 11 is 3.14. The molecule has 1 N–H and O–H groups in total. The predicted molar refractivity (Wildman–Crippen MR) is 86.4 cm³/mol. The molecule has 0 bridgehead atoms. The molecular weight excluding hydrogens is 336 g/mol. The van der Waals surface area contributed by atoms with Gasteiger partial charge in [-0.05, 0) is 59.8 Å². The molecule has 1 nitrogen and oxygen atoms in total. The Hall–Kier alpha value is -0.480. The third-order valence-corrected chi connectivity index (χ3v) is 5.09. The smallest absolute Gasteiger partial charge is 0.143 e. The van der Waals surface area contributed by atoms with Crippen LogP contribution in [-0.2, 0) is 6.42 Å². The number of rotatable bonds is 7. The first-order valence-electron chi connectivity index (χ1n) is 7.97. The van der Waals surface area contributed by atoms with Gasteiger partial charge in [0.15, 0.2) is 0 Å². The average molecular weight is 360 g/mol. The molecule has 4 heteroatoms. The van der Waals surface area contributed by atoms with Crippen molar-refractivity contribution in [2.45, 2.75) is 57.9 Å². The van der Waals surface area contributed by atoms with Crippen LogP contribution in [0.25, 0.3) is 0 Å². The Morgan fingerprint density at radius 1 is 1.29 bits per heavy atom. The van der Waals surface area contributed by atoms with E-state index >= 15 is 0 Å². The van der Waals surface area contributed by atoms with E-state index in [-0.39, 0.29) is 11.6 Å². The van der Waals surface area contributed by atoms with Crippen LogP contribution < -0.4 is 5.32 Å². The van der Waals surface area contributed by atoms with Crippen molar-refractivity contribution in [3.63, 3.8) is 0 Å². The van der Waals surface area contributed by atoms with Crippen molar-refractivity contribution in [1.82, 2.24) is 5.32 Å². The molecule has 118 valence electrons. The van der Waals surface area contributed by atoms with Crippen LogP contribution in [0, 0.1) is 17.6 Å². The fourth-order valence-electron chi connectivity index (χ4n) is 3.30. The maximum Gasteiger partial charge on any atom is 0.143 e. The molecule has 0 heterocycles. The first kappa shape index (κ1) is 16.9. The van der Waals surface area contributed by atoms with Crippen LogP contribution in [0.5, 0.6) is 0 Å². The number of nitrogens with one attached hydrogen (secondary N) is 1. The van der Waals surface area contributed by atoms with Gasteiger partial charge in [0.25, 0.3) is 0 Å². The zero-order chi connectivity index (χ0) is 15.2. The van der Waals surface area contributed by atoms with Crippen molar-refractivity contribution in [2.24, 2.45) is 5.92 Å². The highest BCUT2D eigenvalue weighted by molar-refractivity contribution is 9.10. The molecule has 2 rings (SSSR count). The van der Waals surface area contributed by atoms with Crippen molar-refractivity contribution in [1.29, 1.82) is 0 Å². The van der Waals surface area contributed by atoms with Gasteiger partial charge in [-0.1, -0.05) is 32.6 Å². The molecule has 0 radical (unpaired) electrons. The van der Waals surface area contributed by atoms with Gasteiger partial charge in [0.05, 0.1) is 4.47 Å². The molecule has 0 amide bonds. The van der Waals surface area contributed by atoms with Gasteiger partial charge in [-0.25, -0.2) is 8.78 Å². The fourth-order valence-corrected chi connectivity index (χ4v) is 3.67. The topological polar surface area (TPSA) is 12.0 Å². The number of hydrogen-bond acceptors (Lipinski definition) is 1. The van der Waals surface area contributed by atoms with E-state index < -0.39 is 11.6 Å². The minimum Gasteiger partial charge on any atom is -0.314 e. The molecule has 1 aliphatic rings. The third-order valence-electron chi connectivity index (χ3n) is 4.48. The highest BCUT2D eigenvalue weighted by Crippen LogP contribution is 2.30. The number of benzene rings is 1. The van der Waals surface area contributed by atoms with Crippen LogP contribution >= 0.6 is 15.9 Å². The quantitative estimate of drug-likeness (QED) is 0.658. The van der Waals surface area contributed by atoms with Gasteiger partial charge in [-0.2, -0.15) is 0 Å². The second-order valence-electron chi connectivity index (χ2n) is 6.01. The van der Waals surface area contributed by atoms with Gasteiger partial charge in [-0.3, -0.25) is 0 Å². The second-order valence-corrected chi connectivity index (χ2v) is 6.86. The van der Waals surface area contributed by atoms with Gasteiger partial charge < -0.3 is 5.32 Å². The Morgan fingerprint density at radius 2 is 2.00 bits per heavy atom. The lowest BCUT2D eigenvalue weighted by atomic mass is 9.94. The Morgan fingerprint density at radius 3 is 2.67 bits per heavy atom. The number of hydrogen-bond donors (Lipinski definition) is 1. The van der Waals surface area contributed by atoms with Gasteiger partial charge in [0, 0.05) is 11.6 Å². The Labute approximate surface area is 134 Å². The summed E-state index contributed by atoms with van der Waals surface area (Å²) < 4.78 is 28.3. The predicted octanol–water partition coefficient (Wildman–Crippen LogP) is 5.22. The molecule has 1 fully saturated rings. The summed E-state index contributed by atoms with van der Waals surface area (Å²) in [7, 11) is 0. The van der Waals surface area contributed by atoms with E-state index in [2.05, 4.69) is 21.2 Å². The third kappa shape index (κ3) is 4.75. The molecule has 0 aromatic heterocycles. The lowest BCUT2D eigenvalue weighted by Gasteiger charge is -2.20. The standard InChI is InChI=1S/C17H24BrF2N/c1-2-21-13(8-7-12-5-3-4-6-12)11-14-16(19)10-9-15(18)17(14)20/h9-10,12-13,21H,2-8,11H2,1H3. The first-order chi connectivity index (χ1) is 10.1. The summed E-state index contributed by atoms with van der Waals surface area (Å²) in [6.07, 6.45) is 7.88. The molecule has 0 saturated heterocycles. The zero-order valence-electron chi connectivity index (χ0n) is 12.6. The van der Waals surface area contributed by atoms with Crippen molar-refractivity contribution in [2.75, 3.05) is 6.54 Å². The van der Waals surface area contributed by atoms with E-state index in [1.165, 1.54) is 37.8 Å². The highest BCUT2D eigenvalue weighted by Gasteiger charge is 2.20. The van der Waals surface area contributed by atoms with E-state index in [0.717, 1.165) is 25.3 Å². The van der Waals surface area contributed by atoms with Crippen LogP contribution in [0.2, 0.25) is 0 Å². The Bertz CT molecular complexity index is 458. The Balaban J connectivity index is 1.99. The first-order valence-corrected chi connectivity index (χ1v) is 8.76. The van der Waals surface area contributed by atoms with Gasteiger partial charge in [-0.15, -0.1) is 0 Å². The molecule has 1 unspecified atom stereocenters. The molecule has 21 heavy (non-hydrogen) atoms. The lowest BCUT2D eigenvalue weighted by molar-refractivity contribution is 0.399. The molecule has 0 spiro atoms. The molecule has 1 aromatic carbocycles. The van der Waals surface area contributed by atoms with E-state index in [4.69, 9.17) is 0 Å². The van der Waals surface area contributed by atoms with Crippen molar-refractivity contribution >= 4 is 15.9 Å². The normalized spacial score (nSPS) is 17.3. The van der Waals surface area contributed by atoms with Crippen molar-refractivity contribution in [3.05, 3.63) is 33.8 Å². The highest BCUT2D eigenvalue weighted by atomic mass is 79.9. The summed E-state index contributed by atoms with van der Waals surface area (Å²) in [6.45, 7) is 2.86. The van der Waals surface area contributed by atoms with Crippen LogP contribution in [0.4, 0.5) is 8.78 Å². The molecule has 1 aliphatic carbocycles. The maximum absolute atomic E-state index is 14.1. The van der Waals surface area contributed by atoms with E-state index in [1.54, 1.807) is 0 Å². The van der Waals surface area contributed by atoms with E-state index in [0.29, 0.717) is 10.9 Å². The van der Waals surface area contributed by atoms with Gasteiger partial charge in [0.2, 0.25) is 0 Å². The molecule has 1 aromatic rings. The molecule has 0 aliphatic heterocycles. The van der Waals surface area contributed by atoms with Crippen LogP contribution in [-0.4, -0.2) is 12.6 Å². The summed E-state index contributed by atoms with van der Waals surface area (Å²) in [4.78, 5) is 0. The fraction of sp³-hybridized carbons (Fsp3) is 0.647. The van der Waals surface area contributed by atoms with Gasteiger partial charge in [0.1, 0.15) is 11.6 Å². The van der Waals surface area contributed by atoms with Crippen LogP contribution in [0.15, 0.2) is 16.6 Å². The molecule has 1 saturated carbocycles. The SMILES string of the molecule is CCNC(CCC1CCCC1)Cc1c(F)ccc(Br)c1F. The van der Waals surface area contributed by atoms with E-state index in [9.17, 15) is 8.78 Å². The largest absolute Gasteiger partial charge is 0.314 e. The monoisotopic (exact) mass is 359 g/mol. The number of halogens is 3. The summed E-state index contributed by atoms with van der Waals surface area (Å²) in [5.74, 6) is -0.0957. The molecule has 1 atom stereocenters. The van der Waals surface area contributed by atoms with Crippen molar-refractivity contribution < 1.29 is 8.78 Å². The summed E-state index contributed by atoms with van der Waals surface area (Å²) in [5.41, 5.74) is 0.196. The summed E-state index contributed by atoms with van der Waals surface area (Å²) in [6, 6.07) is 2.91. The maximum atomic E-state index is 14.1.